The van der Waals surface area contributed by atoms with E-state index in [0.29, 0.717) is 42.2 Å². The number of halogens is 3. The van der Waals surface area contributed by atoms with Gasteiger partial charge in [-0.2, -0.15) is 18.2 Å². The van der Waals surface area contributed by atoms with Gasteiger partial charge in [0.15, 0.2) is 6.10 Å². The van der Waals surface area contributed by atoms with E-state index in [1.165, 1.54) is 18.1 Å². The lowest BCUT2D eigenvalue weighted by molar-refractivity contribution is -0.139. The topological polar surface area (TPSA) is 104 Å². The van der Waals surface area contributed by atoms with E-state index in [9.17, 15) is 18.0 Å². The monoisotopic (exact) mass is 571 g/mol. The fourth-order valence-corrected chi connectivity index (χ4v) is 5.09. The molecule has 4 heterocycles. The van der Waals surface area contributed by atoms with Crippen molar-refractivity contribution in [3.63, 3.8) is 0 Å². The number of carbonyl (C=O) groups is 1. The van der Waals surface area contributed by atoms with Gasteiger partial charge in [-0.3, -0.25) is 4.79 Å². The average molecular weight is 572 g/mol. The van der Waals surface area contributed by atoms with Crippen molar-refractivity contribution in [1.82, 2.24) is 14.9 Å². The van der Waals surface area contributed by atoms with Crippen LogP contribution >= 0.6 is 0 Å². The van der Waals surface area contributed by atoms with E-state index in [0.717, 1.165) is 0 Å². The number of nitrogens with zero attached hydrogens (tertiary/aromatic N) is 3. The molecule has 41 heavy (non-hydrogen) atoms. The minimum Gasteiger partial charge on any atom is -0.494 e. The van der Waals surface area contributed by atoms with Crippen LogP contribution in [0.5, 0.6) is 23.1 Å². The SMILES string of the molecule is COc1cc(O[C@@H]2CO[C@@H]3[CH]CO[C@@H]32)ccc1Nc1ncc(C(F)(F)F)c(Oc2cccc3c2C(=O)N(C)C3C)n1. The van der Waals surface area contributed by atoms with E-state index in [1.807, 2.05) is 13.3 Å². The zero-order valence-electron chi connectivity index (χ0n) is 22.3. The van der Waals surface area contributed by atoms with Crippen molar-refractivity contribution >= 4 is 17.5 Å². The molecule has 2 aromatic carbocycles. The van der Waals surface area contributed by atoms with Gasteiger partial charge in [-0.25, -0.2) is 4.98 Å². The molecule has 1 aromatic heterocycles. The van der Waals surface area contributed by atoms with Crippen LogP contribution in [0.1, 0.15) is 34.5 Å². The normalized spacial score (nSPS) is 23.4. The second-order valence-corrected chi connectivity index (χ2v) is 9.80. The van der Waals surface area contributed by atoms with Gasteiger partial charge in [0.1, 0.15) is 28.9 Å². The van der Waals surface area contributed by atoms with Crippen LogP contribution in [0.15, 0.2) is 42.6 Å². The molecule has 0 bridgehead atoms. The summed E-state index contributed by atoms with van der Waals surface area (Å²) < 4.78 is 70.2. The molecule has 3 aliphatic heterocycles. The Hall–Kier alpha value is -4.10. The molecule has 0 saturated carbocycles. The Morgan fingerprint density at radius 2 is 1.98 bits per heavy atom. The first-order valence-corrected chi connectivity index (χ1v) is 12.8. The Labute approximate surface area is 233 Å². The first-order valence-electron chi connectivity index (χ1n) is 12.8. The summed E-state index contributed by atoms with van der Waals surface area (Å²) in [6.07, 6.45) is -2.82. The van der Waals surface area contributed by atoms with E-state index >= 15 is 0 Å². The molecule has 3 aromatic rings. The molecule has 10 nitrogen and oxygen atoms in total. The minimum absolute atomic E-state index is 0.0279. The number of alkyl halides is 3. The number of hydrogen-bond acceptors (Lipinski definition) is 9. The lowest BCUT2D eigenvalue weighted by Gasteiger charge is -2.19. The molecular formula is C28H26F3N4O6. The predicted molar refractivity (Wildman–Crippen MR) is 139 cm³/mol. The number of carbonyl (C=O) groups excluding carboxylic acids is 1. The van der Waals surface area contributed by atoms with Crippen LogP contribution in [0.3, 0.4) is 0 Å². The van der Waals surface area contributed by atoms with Gasteiger partial charge in [0.2, 0.25) is 11.8 Å². The number of methoxy groups -OCH3 is 1. The van der Waals surface area contributed by atoms with E-state index in [1.54, 1.807) is 37.4 Å². The van der Waals surface area contributed by atoms with Crippen molar-refractivity contribution in [2.75, 3.05) is 32.7 Å². The summed E-state index contributed by atoms with van der Waals surface area (Å²) in [5, 5.41) is 2.88. The number of anilines is 2. The first-order chi connectivity index (χ1) is 19.6. The lowest BCUT2D eigenvalue weighted by Crippen LogP contribution is -2.32. The molecule has 1 N–H and O–H groups in total. The van der Waals surface area contributed by atoms with Crippen LogP contribution in [0, 0.1) is 6.42 Å². The number of fused-ring (bicyclic) bond motifs is 2. The third-order valence-corrected chi connectivity index (χ3v) is 7.36. The molecule has 4 atom stereocenters. The zero-order chi connectivity index (χ0) is 28.9. The summed E-state index contributed by atoms with van der Waals surface area (Å²) in [7, 11) is 3.06. The van der Waals surface area contributed by atoms with E-state index < -0.39 is 17.6 Å². The van der Waals surface area contributed by atoms with Gasteiger partial charge in [-0.05, 0) is 30.7 Å². The second-order valence-electron chi connectivity index (χ2n) is 9.80. The zero-order valence-corrected chi connectivity index (χ0v) is 22.3. The molecule has 1 unspecified atom stereocenters. The maximum atomic E-state index is 13.9. The fraction of sp³-hybridized carbons (Fsp3) is 0.357. The van der Waals surface area contributed by atoms with Gasteiger partial charge in [-0.1, -0.05) is 12.1 Å². The first kappa shape index (κ1) is 27.1. The summed E-state index contributed by atoms with van der Waals surface area (Å²) in [6.45, 7) is 2.70. The van der Waals surface area contributed by atoms with Crippen LogP contribution in [0.2, 0.25) is 0 Å². The van der Waals surface area contributed by atoms with Crippen molar-refractivity contribution in [3.8, 4) is 23.1 Å². The smallest absolute Gasteiger partial charge is 0.423 e. The largest absolute Gasteiger partial charge is 0.494 e. The van der Waals surface area contributed by atoms with Crippen LogP contribution in [0.25, 0.3) is 0 Å². The third kappa shape index (κ3) is 4.99. The number of benzene rings is 2. The highest BCUT2D eigenvalue weighted by atomic mass is 19.4. The molecule has 0 aliphatic carbocycles. The Morgan fingerprint density at radius 3 is 2.76 bits per heavy atom. The van der Waals surface area contributed by atoms with E-state index in [2.05, 4.69) is 15.3 Å². The van der Waals surface area contributed by atoms with Crippen molar-refractivity contribution in [3.05, 3.63) is 65.7 Å². The van der Waals surface area contributed by atoms with Gasteiger partial charge in [0.25, 0.3) is 5.91 Å². The Kier molecular flexibility index (Phi) is 6.86. The standard InChI is InChI=1S/C28H26F3N4O6/c1-14-16-5-4-6-19(23(16)26(36)35(14)2)41-25-17(28(29,30)31)12-32-27(34-25)33-18-8-7-15(11-21(18)37-3)40-22-13-39-20-9-10-38-24(20)22/h4-9,11-12,14,20,22,24H,10,13H2,1-3H3,(H,32,33,34)/t14?,20-,22-,24+/m1/s1. The second kappa shape index (κ2) is 10.4. The number of hydrogen-bond donors (Lipinski definition) is 1. The number of amides is 1. The Morgan fingerprint density at radius 1 is 1.15 bits per heavy atom. The summed E-state index contributed by atoms with van der Waals surface area (Å²) in [5.41, 5.74) is 0.0377. The van der Waals surface area contributed by atoms with Crippen molar-refractivity contribution in [2.24, 2.45) is 0 Å². The lowest BCUT2D eigenvalue weighted by atomic mass is 10.1. The quantitative estimate of drug-likeness (QED) is 0.423. The molecule has 1 amide bonds. The third-order valence-electron chi connectivity index (χ3n) is 7.36. The highest BCUT2D eigenvalue weighted by molar-refractivity contribution is 6.01. The molecule has 2 saturated heterocycles. The molecule has 2 fully saturated rings. The molecular weight excluding hydrogens is 545 g/mol. The number of ether oxygens (including phenoxy) is 5. The minimum atomic E-state index is -4.81. The molecule has 1 radical (unpaired) electrons. The highest BCUT2D eigenvalue weighted by Gasteiger charge is 2.43. The maximum Gasteiger partial charge on any atom is 0.423 e. The van der Waals surface area contributed by atoms with Crippen molar-refractivity contribution in [1.29, 1.82) is 0 Å². The van der Waals surface area contributed by atoms with Crippen LogP contribution < -0.4 is 19.5 Å². The van der Waals surface area contributed by atoms with Gasteiger partial charge in [0.05, 0.1) is 43.7 Å². The van der Waals surface area contributed by atoms with Crippen molar-refractivity contribution in [2.45, 2.75) is 37.5 Å². The summed E-state index contributed by atoms with van der Waals surface area (Å²) in [5.74, 6) is -0.469. The van der Waals surface area contributed by atoms with Gasteiger partial charge in [0, 0.05) is 25.7 Å². The molecule has 13 heteroatoms. The number of aromatic nitrogens is 2. The van der Waals surface area contributed by atoms with Gasteiger partial charge < -0.3 is 33.9 Å². The average Bonchev–Trinajstić information content (AvgIpc) is 3.62. The highest BCUT2D eigenvalue weighted by Crippen LogP contribution is 2.42. The maximum absolute atomic E-state index is 13.9. The number of nitrogens with one attached hydrogen (secondary N) is 1. The Balaban J connectivity index is 1.27. The predicted octanol–water partition coefficient (Wildman–Crippen LogP) is 4.94. The summed E-state index contributed by atoms with van der Waals surface area (Å²) in [6, 6.07) is 9.48. The molecule has 215 valence electrons. The van der Waals surface area contributed by atoms with Gasteiger partial charge >= 0.3 is 6.18 Å². The Bertz CT molecular complexity index is 1490. The van der Waals surface area contributed by atoms with Crippen molar-refractivity contribution < 1.29 is 41.7 Å². The fourth-order valence-electron chi connectivity index (χ4n) is 5.09. The van der Waals surface area contributed by atoms with E-state index in [-0.39, 0.29) is 47.5 Å². The molecule has 0 spiro atoms. The van der Waals surface area contributed by atoms with E-state index in [4.69, 9.17) is 23.7 Å². The summed E-state index contributed by atoms with van der Waals surface area (Å²) >= 11 is 0. The van der Waals surface area contributed by atoms with Crippen LogP contribution in [0.4, 0.5) is 24.8 Å². The summed E-state index contributed by atoms with van der Waals surface area (Å²) in [4.78, 5) is 22.2. The molecule has 3 aliphatic rings. The number of rotatable bonds is 7. The van der Waals surface area contributed by atoms with Crippen LogP contribution in [-0.4, -0.2) is 66.5 Å². The van der Waals surface area contributed by atoms with Gasteiger partial charge in [-0.15, -0.1) is 0 Å². The van der Waals surface area contributed by atoms with Crippen LogP contribution in [-0.2, 0) is 15.7 Å². The molecule has 6 rings (SSSR count).